The maximum atomic E-state index is 13.7. The van der Waals surface area contributed by atoms with Gasteiger partial charge in [-0.3, -0.25) is 4.79 Å². The summed E-state index contributed by atoms with van der Waals surface area (Å²) >= 11 is 0. The zero-order chi connectivity index (χ0) is 16.2. The van der Waals surface area contributed by atoms with E-state index < -0.39 is 38.0 Å². The lowest BCUT2D eigenvalue weighted by molar-refractivity contribution is 0.0928. The Labute approximate surface area is 122 Å². The van der Waals surface area contributed by atoms with Gasteiger partial charge in [0.15, 0.2) is 11.6 Å². The number of primary sulfonamides is 1. The van der Waals surface area contributed by atoms with Gasteiger partial charge in [-0.15, -0.1) is 0 Å². The number of benzene rings is 1. The smallest absolute Gasteiger partial charge is 0.254 e. The van der Waals surface area contributed by atoms with E-state index in [1.807, 2.05) is 13.8 Å². The van der Waals surface area contributed by atoms with E-state index in [-0.39, 0.29) is 6.04 Å². The van der Waals surface area contributed by atoms with Crippen LogP contribution in [0.2, 0.25) is 0 Å². The van der Waals surface area contributed by atoms with E-state index in [0.717, 1.165) is 12.5 Å². The molecule has 3 N–H and O–H groups in total. The normalized spacial score (nSPS) is 13.0. The molecule has 0 heterocycles. The SMILES string of the molecule is CCCC(CC)NC(=O)c1cc(S(N)(=O)=O)cc(F)c1F. The third-order valence-electron chi connectivity index (χ3n) is 3.04. The van der Waals surface area contributed by atoms with Crippen molar-refractivity contribution >= 4 is 15.9 Å². The summed E-state index contributed by atoms with van der Waals surface area (Å²) in [5.41, 5.74) is -0.673. The molecule has 5 nitrogen and oxygen atoms in total. The largest absolute Gasteiger partial charge is 0.349 e. The van der Waals surface area contributed by atoms with Crippen LogP contribution in [0.4, 0.5) is 8.78 Å². The lowest BCUT2D eigenvalue weighted by Gasteiger charge is -2.16. The lowest BCUT2D eigenvalue weighted by Crippen LogP contribution is -2.35. The van der Waals surface area contributed by atoms with Crippen molar-refractivity contribution in [3.8, 4) is 0 Å². The van der Waals surface area contributed by atoms with Crippen LogP contribution in [0, 0.1) is 11.6 Å². The fourth-order valence-electron chi connectivity index (χ4n) is 1.88. The topological polar surface area (TPSA) is 89.3 Å². The number of hydrogen-bond donors (Lipinski definition) is 2. The second-order valence-corrected chi connectivity index (χ2v) is 6.24. The molecule has 0 aromatic heterocycles. The van der Waals surface area contributed by atoms with E-state index >= 15 is 0 Å². The van der Waals surface area contributed by atoms with E-state index in [2.05, 4.69) is 5.32 Å². The molecule has 0 radical (unpaired) electrons. The highest BCUT2D eigenvalue weighted by atomic mass is 32.2. The number of nitrogens with two attached hydrogens (primary N) is 1. The predicted octanol–water partition coefficient (Wildman–Crippen LogP) is 1.92. The van der Waals surface area contributed by atoms with Crippen LogP contribution in [-0.2, 0) is 10.0 Å². The van der Waals surface area contributed by atoms with E-state index in [0.29, 0.717) is 18.9 Å². The van der Waals surface area contributed by atoms with Crippen molar-refractivity contribution in [3.63, 3.8) is 0 Å². The Kier molecular flexibility index (Phi) is 5.79. The van der Waals surface area contributed by atoms with Gasteiger partial charge < -0.3 is 5.32 Å². The molecule has 21 heavy (non-hydrogen) atoms. The number of carbonyl (C=O) groups is 1. The van der Waals surface area contributed by atoms with E-state index in [4.69, 9.17) is 5.14 Å². The Balaban J connectivity index is 3.17. The fourth-order valence-corrected chi connectivity index (χ4v) is 2.43. The van der Waals surface area contributed by atoms with E-state index in [9.17, 15) is 22.0 Å². The molecule has 0 fully saturated rings. The summed E-state index contributed by atoms with van der Waals surface area (Å²) in [5, 5.41) is 7.42. The number of amides is 1. The summed E-state index contributed by atoms with van der Waals surface area (Å²) < 4.78 is 49.5. The minimum atomic E-state index is -4.23. The Morgan fingerprint density at radius 2 is 1.95 bits per heavy atom. The molecule has 1 amide bonds. The maximum absolute atomic E-state index is 13.7. The van der Waals surface area contributed by atoms with Crippen molar-refractivity contribution in [2.45, 2.75) is 44.0 Å². The third kappa shape index (κ3) is 4.47. The maximum Gasteiger partial charge on any atom is 0.254 e. The lowest BCUT2D eigenvalue weighted by atomic mass is 10.1. The molecule has 0 spiro atoms. The highest BCUT2D eigenvalue weighted by Crippen LogP contribution is 2.18. The first kappa shape index (κ1) is 17.5. The Morgan fingerprint density at radius 3 is 2.43 bits per heavy atom. The summed E-state index contributed by atoms with van der Waals surface area (Å²) in [6.07, 6.45) is 2.12. The van der Waals surface area contributed by atoms with Crippen LogP contribution in [0.15, 0.2) is 17.0 Å². The molecule has 1 aromatic rings. The summed E-state index contributed by atoms with van der Waals surface area (Å²) in [5.74, 6) is -3.70. The summed E-state index contributed by atoms with van der Waals surface area (Å²) in [6, 6.07) is 0.995. The van der Waals surface area contributed by atoms with Gasteiger partial charge >= 0.3 is 0 Å². The van der Waals surface area contributed by atoms with Crippen LogP contribution >= 0.6 is 0 Å². The zero-order valence-electron chi connectivity index (χ0n) is 11.8. The van der Waals surface area contributed by atoms with Crippen LogP contribution in [0.25, 0.3) is 0 Å². The average molecular weight is 320 g/mol. The predicted molar refractivity (Wildman–Crippen MR) is 74.2 cm³/mol. The van der Waals surface area contributed by atoms with Crippen molar-refractivity contribution < 1.29 is 22.0 Å². The van der Waals surface area contributed by atoms with Gasteiger partial charge in [-0.1, -0.05) is 20.3 Å². The molecule has 0 aliphatic heterocycles. The molecule has 1 unspecified atom stereocenters. The molecule has 0 bridgehead atoms. The summed E-state index contributed by atoms with van der Waals surface area (Å²) in [6.45, 7) is 3.77. The first-order valence-corrected chi connectivity index (χ1v) is 8.08. The molecule has 8 heteroatoms. The molecular formula is C13H18F2N2O3S. The Morgan fingerprint density at radius 1 is 1.33 bits per heavy atom. The van der Waals surface area contributed by atoms with Crippen molar-refractivity contribution in [2.24, 2.45) is 5.14 Å². The van der Waals surface area contributed by atoms with E-state index in [1.54, 1.807) is 0 Å². The molecule has 0 aliphatic rings. The second-order valence-electron chi connectivity index (χ2n) is 4.68. The van der Waals surface area contributed by atoms with Gasteiger partial charge in [0, 0.05) is 6.04 Å². The first-order valence-electron chi connectivity index (χ1n) is 6.53. The number of carbonyl (C=O) groups excluding carboxylic acids is 1. The highest BCUT2D eigenvalue weighted by molar-refractivity contribution is 7.89. The second kappa shape index (κ2) is 6.95. The molecule has 0 aliphatic carbocycles. The van der Waals surface area contributed by atoms with Crippen molar-refractivity contribution in [3.05, 3.63) is 29.3 Å². The van der Waals surface area contributed by atoms with Crippen LogP contribution in [-0.4, -0.2) is 20.4 Å². The van der Waals surface area contributed by atoms with Crippen LogP contribution < -0.4 is 10.5 Å². The number of halogens is 2. The van der Waals surface area contributed by atoms with Gasteiger partial charge in [-0.25, -0.2) is 22.3 Å². The summed E-state index contributed by atoms with van der Waals surface area (Å²) in [7, 11) is -4.23. The molecule has 118 valence electrons. The zero-order valence-corrected chi connectivity index (χ0v) is 12.6. The van der Waals surface area contributed by atoms with Gasteiger partial charge in [0.25, 0.3) is 5.91 Å². The molecule has 0 saturated heterocycles. The monoisotopic (exact) mass is 320 g/mol. The Hall–Kier alpha value is -1.54. The first-order chi connectivity index (χ1) is 9.70. The average Bonchev–Trinajstić information content (AvgIpc) is 2.39. The molecular weight excluding hydrogens is 302 g/mol. The Bertz CT molecular complexity index is 633. The number of hydrogen-bond acceptors (Lipinski definition) is 3. The molecule has 1 atom stereocenters. The standard InChI is InChI=1S/C13H18F2N2O3S/c1-3-5-8(4-2)17-13(18)10-6-9(21(16,19)20)7-11(14)12(10)15/h6-8H,3-5H2,1-2H3,(H,17,18)(H2,16,19,20). The quantitative estimate of drug-likeness (QED) is 0.839. The molecule has 0 saturated carbocycles. The van der Waals surface area contributed by atoms with Gasteiger partial charge in [-0.05, 0) is 25.0 Å². The van der Waals surface area contributed by atoms with E-state index in [1.165, 1.54) is 0 Å². The van der Waals surface area contributed by atoms with Crippen molar-refractivity contribution in [1.82, 2.24) is 5.32 Å². The minimum Gasteiger partial charge on any atom is -0.349 e. The van der Waals surface area contributed by atoms with Crippen LogP contribution in [0.1, 0.15) is 43.5 Å². The molecule has 1 aromatic carbocycles. The van der Waals surface area contributed by atoms with Gasteiger partial charge in [0.1, 0.15) is 0 Å². The highest BCUT2D eigenvalue weighted by Gasteiger charge is 2.22. The van der Waals surface area contributed by atoms with Gasteiger partial charge in [0.05, 0.1) is 10.5 Å². The minimum absolute atomic E-state index is 0.192. The van der Waals surface area contributed by atoms with Gasteiger partial charge in [-0.2, -0.15) is 0 Å². The van der Waals surface area contributed by atoms with Crippen molar-refractivity contribution in [1.29, 1.82) is 0 Å². The number of sulfonamides is 1. The molecule has 1 rings (SSSR count). The number of rotatable bonds is 6. The summed E-state index contributed by atoms with van der Waals surface area (Å²) in [4.78, 5) is 11.3. The third-order valence-corrected chi connectivity index (χ3v) is 3.93. The van der Waals surface area contributed by atoms with Crippen molar-refractivity contribution in [2.75, 3.05) is 0 Å². The van der Waals surface area contributed by atoms with Crippen LogP contribution in [0.5, 0.6) is 0 Å². The number of nitrogens with one attached hydrogen (secondary N) is 1. The van der Waals surface area contributed by atoms with Crippen LogP contribution in [0.3, 0.4) is 0 Å². The fraction of sp³-hybridized carbons (Fsp3) is 0.462. The van der Waals surface area contributed by atoms with Gasteiger partial charge in [0.2, 0.25) is 10.0 Å².